The van der Waals surface area contributed by atoms with Gasteiger partial charge in [0.05, 0.1) is 11.8 Å². The number of nitrogens with zero attached hydrogens (tertiary/aromatic N) is 3. The zero-order valence-corrected chi connectivity index (χ0v) is 14.5. The summed E-state index contributed by atoms with van der Waals surface area (Å²) in [5.41, 5.74) is 2.40. The molecule has 1 aliphatic heterocycles. The highest BCUT2D eigenvalue weighted by Crippen LogP contribution is 2.22. The van der Waals surface area contributed by atoms with Crippen LogP contribution in [0.2, 0.25) is 0 Å². The van der Waals surface area contributed by atoms with E-state index in [0.29, 0.717) is 10.2 Å². The molecule has 1 fully saturated rings. The van der Waals surface area contributed by atoms with Crippen LogP contribution in [0, 0.1) is 0 Å². The molecule has 1 saturated heterocycles. The summed E-state index contributed by atoms with van der Waals surface area (Å²) in [6.45, 7) is 2.13. The maximum absolute atomic E-state index is 12.3. The Morgan fingerprint density at radius 1 is 1.16 bits per heavy atom. The molecule has 2 aromatic heterocycles. The third-order valence-electron chi connectivity index (χ3n) is 4.37. The smallest absolute Gasteiger partial charge is 0.271 e. The molecule has 0 spiro atoms. The molecule has 0 aliphatic carbocycles. The van der Waals surface area contributed by atoms with Crippen LogP contribution in [0.3, 0.4) is 0 Å². The SMILES string of the molecule is O=C(Cn1cnc2ccsc2c1=O)Nc1ccc(N2CCCC2)cc1. The molecule has 0 atom stereocenters. The molecule has 6 nitrogen and oxygen atoms in total. The van der Waals surface area contributed by atoms with E-state index in [-0.39, 0.29) is 18.0 Å². The first-order chi connectivity index (χ1) is 12.2. The molecular weight excluding hydrogens is 336 g/mol. The predicted octanol–water partition coefficient (Wildman–Crippen LogP) is 2.70. The predicted molar refractivity (Wildman–Crippen MR) is 100 cm³/mol. The molecule has 25 heavy (non-hydrogen) atoms. The number of carbonyl (C=O) groups is 1. The molecule has 3 aromatic rings. The van der Waals surface area contributed by atoms with Crippen molar-refractivity contribution in [2.75, 3.05) is 23.3 Å². The first-order valence-electron chi connectivity index (χ1n) is 8.28. The summed E-state index contributed by atoms with van der Waals surface area (Å²) < 4.78 is 1.91. The van der Waals surface area contributed by atoms with Gasteiger partial charge in [0.1, 0.15) is 11.2 Å². The second-order valence-electron chi connectivity index (χ2n) is 6.10. The number of carbonyl (C=O) groups excluding carboxylic acids is 1. The number of nitrogens with one attached hydrogen (secondary N) is 1. The van der Waals surface area contributed by atoms with Crippen molar-refractivity contribution >= 4 is 38.8 Å². The van der Waals surface area contributed by atoms with Crippen molar-refractivity contribution in [2.24, 2.45) is 0 Å². The molecule has 0 saturated carbocycles. The van der Waals surface area contributed by atoms with E-state index in [1.165, 1.54) is 40.8 Å². The van der Waals surface area contributed by atoms with Crippen molar-refractivity contribution in [3.63, 3.8) is 0 Å². The fourth-order valence-corrected chi connectivity index (χ4v) is 3.87. The summed E-state index contributed by atoms with van der Waals surface area (Å²) in [6, 6.07) is 9.64. The number of anilines is 2. The van der Waals surface area contributed by atoms with Crippen molar-refractivity contribution in [1.29, 1.82) is 0 Å². The zero-order chi connectivity index (χ0) is 17.2. The van der Waals surface area contributed by atoms with Crippen molar-refractivity contribution in [3.05, 3.63) is 52.4 Å². The molecule has 1 aliphatic rings. The van der Waals surface area contributed by atoms with Gasteiger partial charge in [-0.05, 0) is 48.6 Å². The molecule has 0 radical (unpaired) electrons. The normalized spacial score (nSPS) is 14.2. The van der Waals surface area contributed by atoms with E-state index in [4.69, 9.17) is 0 Å². The number of rotatable bonds is 4. The molecule has 0 bridgehead atoms. The third kappa shape index (κ3) is 3.28. The highest BCUT2D eigenvalue weighted by Gasteiger charge is 2.13. The maximum atomic E-state index is 12.3. The maximum Gasteiger partial charge on any atom is 0.271 e. The molecule has 1 aromatic carbocycles. The highest BCUT2D eigenvalue weighted by atomic mass is 32.1. The Bertz CT molecular complexity index is 955. The second kappa shape index (κ2) is 6.68. The van der Waals surface area contributed by atoms with Gasteiger partial charge in [-0.25, -0.2) is 4.98 Å². The van der Waals surface area contributed by atoms with Crippen LogP contribution in [0.5, 0.6) is 0 Å². The lowest BCUT2D eigenvalue weighted by Crippen LogP contribution is -2.27. The van der Waals surface area contributed by atoms with E-state index in [2.05, 4.69) is 15.2 Å². The number of thiophene rings is 1. The largest absolute Gasteiger partial charge is 0.372 e. The number of amides is 1. The summed E-state index contributed by atoms with van der Waals surface area (Å²) in [6.07, 6.45) is 3.89. The van der Waals surface area contributed by atoms with Crippen LogP contribution in [-0.4, -0.2) is 28.5 Å². The Kier molecular flexibility index (Phi) is 4.23. The minimum absolute atomic E-state index is 0.0481. The number of benzene rings is 1. The van der Waals surface area contributed by atoms with Gasteiger partial charge in [0.2, 0.25) is 5.91 Å². The van der Waals surface area contributed by atoms with Crippen LogP contribution >= 0.6 is 11.3 Å². The lowest BCUT2D eigenvalue weighted by atomic mass is 10.2. The number of hydrogen-bond acceptors (Lipinski definition) is 5. The quantitative estimate of drug-likeness (QED) is 0.782. The lowest BCUT2D eigenvalue weighted by Gasteiger charge is -2.17. The van der Waals surface area contributed by atoms with Gasteiger partial charge in [0.15, 0.2) is 0 Å². The van der Waals surface area contributed by atoms with E-state index in [1.807, 2.05) is 29.6 Å². The molecule has 0 unspecified atom stereocenters. The Labute approximate surface area is 148 Å². The third-order valence-corrected chi connectivity index (χ3v) is 5.26. The standard InChI is InChI=1S/C18H18N4O2S/c23-16(11-22-12-19-15-7-10-25-17(15)18(22)24)20-13-3-5-14(6-4-13)21-8-1-2-9-21/h3-7,10,12H,1-2,8-9,11H2,(H,20,23). The number of aromatic nitrogens is 2. The van der Waals surface area contributed by atoms with E-state index in [0.717, 1.165) is 18.8 Å². The summed E-state index contributed by atoms with van der Waals surface area (Å²) in [5, 5.41) is 4.66. The van der Waals surface area contributed by atoms with E-state index >= 15 is 0 Å². The number of fused-ring (bicyclic) bond motifs is 1. The molecule has 128 valence electrons. The number of hydrogen-bond donors (Lipinski definition) is 1. The van der Waals surface area contributed by atoms with Crippen LogP contribution in [-0.2, 0) is 11.3 Å². The lowest BCUT2D eigenvalue weighted by molar-refractivity contribution is -0.116. The Morgan fingerprint density at radius 3 is 2.68 bits per heavy atom. The summed E-state index contributed by atoms with van der Waals surface area (Å²) >= 11 is 1.34. The van der Waals surface area contributed by atoms with Gasteiger partial charge < -0.3 is 10.2 Å². The monoisotopic (exact) mass is 354 g/mol. The second-order valence-corrected chi connectivity index (χ2v) is 7.02. The molecule has 7 heteroatoms. The first kappa shape index (κ1) is 15.8. The molecule has 1 N–H and O–H groups in total. The average molecular weight is 354 g/mol. The minimum Gasteiger partial charge on any atom is -0.372 e. The highest BCUT2D eigenvalue weighted by molar-refractivity contribution is 7.17. The van der Waals surface area contributed by atoms with Crippen LogP contribution in [0.15, 0.2) is 46.8 Å². The Balaban J connectivity index is 1.44. The summed E-state index contributed by atoms with van der Waals surface area (Å²) in [7, 11) is 0. The Hall–Kier alpha value is -2.67. The van der Waals surface area contributed by atoms with E-state index in [1.54, 1.807) is 6.07 Å². The fourth-order valence-electron chi connectivity index (χ4n) is 3.08. The Morgan fingerprint density at radius 2 is 1.92 bits per heavy atom. The topological polar surface area (TPSA) is 67.2 Å². The average Bonchev–Trinajstić information content (AvgIpc) is 3.30. The van der Waals surface area contributed by atoms with Gasteiger partial charge in [-0.2, -0.15) is 0 Å². The van der Waals surface area contributed by atoms with E-state index < -0.39 is 0 Å². The molecule has 1 amide bonds. The van der Waals surface area contributed by atoms with Crippen molar-refractivity contribution < 1.29 is 4.79 Å². The van der Waals surface area contributed by atoms with Crippen molar-refractivity contribution in [3.8, 4) is 0 Å². The van der Waals surface area contributed by atoms with Crippen molar-refractivity contribution in [2.45, 2.75) is 19.4 Å². The summed E-state index contributed by atoms with van der Waals surface area (Å²) in [4.78, 5) is 31.1. The summed E-state index contributed by atoms with van der Waals surface area (Å²) in [5.74, 6) is -0.242. The van der Waals surface area contributed by atoms with Crippen LogP contribution in [0.1, 0.15) is 12.8 Å². The van der Waals surface area contributed by atoms with Crippen LogP contribution in [0.4, 0.5) is 11.4 Å². The van der Waals surface area contributed by atoms with Crippen LogP contribution in [0.25, 0.3) is 10.2 Å². The molecular formula is C18H18N4O2S. The van der Waals surface area contributed by atoms with Crippen LogP contribution < -0.4 is 15.8 Å². The van der Waals surface area contributed by atoms with Gasteiger partial charge in [0, 0.05) is 24.5 Å². The van der Waals surface area contributed by atoms with Gasteiger partial charge in [0.25, 0.3) is 5.56 Å². The molecule has 4 rings (SSSR count). The molecule has 3 heterocycles. The van der Waals surface area contributed by atoms with Gasteiger partial charge in [-0.3, -0.25) is 14.2 Å². The van der Waals surface area contributed by atoms with Crippen molar-refractivity contribution in [1.82, 2.24) is 9.55 Å². The fraction of sp³-hybridized carbons (Fsp3) is 0.278. The van der Waals surface area contributed by atoms with E-state index in [9.17, 15) is 9.59 Å². The first-order valence-corrected chi connectivity index (χ1v) is 9.16. The zero-order valence-electron chi connectivity index (χ0n) is 13.6. The minimum atomic E-state index is -0.242. The van der Waals surface area contributed by atoms with Gasteiger partial charge in [-0.1, -0.05) is 0 Å². The van der Waals surface area contributed by atoms with Gasteiger partial charge >= 0.3 is 0 Å². The van der Waals surface area contributed by atoms with Gasteiger partial charge in [-0.15, -0.1) is 11.3 Å².